The van der Waals surface area contributed by atoms with Gasteiger partial charge >= 0.3 is 17.6 Å². The fraction of sp³-hybridized carbons (Fsp3) is 0.538. The molecule has 1 aliphatic heterocycles. The zero-order valence-corrected chi connectivity index (χ0v) is 14.3. The van der Waals surface area contributed by atoms with Crippen molar-refractivity contribution in [1.29, 1.82) is 0 Å². The van der Waals surface area contributed by atoms with E-state index in [-0.39, 0.29) is 5.82 Å². The number of nitrogens with two attached hydrogens (primary N) is 1. The fourth-order valence-corrected chi connectivity index (χ4v) is 2.65. The quantitative estimate of drug-likeness (QED) is 0.735. The zero-order chi connectivity index (χ0) is 17.3. The molecule has 126 valence electrons. The molecule has 9 nitrogen and oxygen atoms in total. The van der Waals surface area contributed by atoms with E-state index in [0.29, 0.717) is 4.47 Å². The molecule has 0 saturated carbocycles. The molecule has 0 aromatic carbocycles. The third-order valence-electron chi connectivity index (χ3n) is 3.23. The molecule has 2 heterocycles. The van der Waals surface area contributed by atoms with Gasteiger partial charge in [-0.15, -0.1) is 0 Å². The number of esters is 2. The molecule has 0 amide bonds. The minimum atomic E-state index is -0.991. The van der Waals surface area contributed by atoms with Crippen LogP contribution in [0.25, 0.3) is 0 Å². The Morgan fingerprint density at radius 2 is 1.87 bits per heavy atom. The molecule has 1 aromatic rings. The van der Waals surface area contributed by atoms with Gasteiger partial charge in [0.2, 0.25) is 0 Å². The number of nitrogens with zero attached hydrogens (tertiary/aromatic N) is 2. The fourth-order valence-electron chi connectivity index (χ4n) is 2.34. The van der Waals surface area contributed by atoms with Crippen molar-refractivity contribution in [2.45, 2.75) is 45.3 Å². The molecule has 0 spiro atoms. The highest BCUT2D eigenvalue weighted by Crippen LogP contribution is 2.33. The second-order valence-corrected chi connectivity index (χ2v) is 5.90. The van der Waals surface area contributed by atoms with Gasteiger partial charge in [-0.1, -0.05) is 0 Å². The first-order chi connectivity index (χ1) is 10.7. The van der Waals surface area contributed by atoms with Gasteiger partial charge in [-0.3, -0.25) is 14.2 Å². The van der Waals surface area contributed by atoms with E-state index in [4.69, 9.17) is 19.9 Å². The Morgan fingerprint density at radius 3 is 2.43 bits per heavy atom. The van der Waals surface area contributed by atoms with Gasteiger partial charge in [0.05, 0.1) is 10.6 Å². The van der Waals surface area contributed by atoms with Gasteiger partial charge < -0.3 is 19.9 Å². The lowest BCUT2D eigenvalue weighted by atomic mass is 10.1. The van der Waals surface area contributed by atoms with E-state index in [1.54, 1.807) is 6.92 Å². The van der Waals surface area contributed by atoms with Gasteiger partial charge in [0, 0.05) is 20.0 Å². The average Bonchev–Trinajstić information content (AvgIpc) is 2.70. The second-order valence-electron chi connectivity index (χ2n) is 5.04. The van der Waals surface area contributed by atoms with Gasteiger partial charge in [0.25, 0.3) is 0 Å². The Balaban J connectivity index is 2.43. The zero-order valence-electron chi connectivity index (χ0n) is 12.7. The lowest BCUT2D eigenvalue weighted by Crippen LogP contribution is -2.40. The minimum absolute atomic E-state index is 0.0258. The monoisotopic (exact) mass is 389 g/mol. The molecule has 0 radical (unpaired) electrons. The SMILES string of the molecule is CC(=O)O[C@@H]1[C@H](OC(C)=O)[C@@H](C)O[C@H]1n1cc(Br)c(N)nc1=O. The predicted octanol–water partition coefficient (Wildman–Crippen LogP) is 0.369. The van der Waals surface area contributed by atoms with Crippen LogP contribution in [0, 0.1) is 0 Å². The van der Waals surface area contributed by atoms with Crippen LogP contribution in [-0.2, 0) is 23.8 Å². The number of hydrogen-bond acceptors (Lipinski definition) is 8. The first-order valence-electron chi connectivity index (χ1n) is 6.74. The van der Waals surface area contributed by atoms with E-state index in [1.165, 1.54) is 20.0 Å². The third-order valence-corrected chi connectivity index (χ3v) is 3.84. The largest absolute Gasteiger partial charge is 0.456 e. The Morgan fingerprint density at radius 1 is 1.30 bits per heavy atom. The van der Waals surface area contributed by atoms with Crippen molar-refractivity contribution in [3.8, 4) is 0 Å². The van der Waals surface area contributed by atoms with Crippen LogP contribution in [0.3, 0.4) is 0 Å². The highest BCUT2D eigenvalue weighted by atomic mass is 79.9. The number of anilines is 1. The number of nitrogen functional groups attached to an aromatic ring is 1. The van der Waals surface area contributed by atoms with Crippen LogP contribution < -0.4 is 11.4 Å². The molecule has 4 atom stereocenters. The Kier molecular flexibility index (Phi) is 5.05. The summed E-state index contributed by atoms with van der Waals surface area (Å²) in [6.45, 7) is 4.10. The first-order valence-corrected chi connectivity index (χ1v) is 7.54. The molecule has 0 unspecified atom stereocenters. The molecule has 23 heavy (non-hydrogen) atoms. The topological polar surface area (TPSA) is 123 Å². The molecular formula is C13H16BrN3O6. The summed E-state index contributed by atoms with van der Waals surface area (Å²) >= 11 is 3.17. The van der Waals surface area contributed by atoms with E-state index < -0.39 is 42.2 Å². The molecule has 1 saturated heterocycles. The smallest absolute Gasteiger partial charge is 0.351 e. The standard InChI is InChI=1S/C13H16BrN3O6/c1-5-9(22-6(2)18)10(23-7(3)19)12(21-5)17-4-8(14)11(15)16-13(17)20/h4-5,9-10,12H,1-3H3,(H2,15,16,20)/t5-,9-,10-,12-/m1/s1. The summed E-state index contributed by atoms with van der Waals surface area (Å²) in [6, 6.07) is 0. The van der Waals surface area contributed by atoms with Crippen LogP contribution in [0.1, 0.15) is 27.0 Å². The van der Waals surface area contributed by atoms with Crippen LogP contribution in [0.5, 0.6) is 0 Å². The summed E-state index contributed by atoms with van der Waals surface area (Å²) in [5.74, 6) is -1.12. The molecule has 10 heteroatoms. The van der Waals surface area contributed by atoms with E-state index in [0.717, 1.165) is 4.57 Å². The van der Waals surface area contributed by atoms with Crippen molar-refractivity contribution in [1.82, 2.24) is 9.55 Å². The Bertz CT molecular complexity index is 691. The van der Waals surface area contributed by atoms with Crippen molar-refractivity contribution in [2.75, 3.05) is 5.73 Å². The van der Waals surface area contributed by atoms with Crippen LogP contribution in [-0.4, -0.2) is 39.8 Å². The summed E-state index contributed by atoms with van der Waals surface area (Å²) < 4.78 is 17.6. The van der Waals surface area contributed by atoms with Crippen LogP contribution >= 0.6 is 15.9 Å². The van der Waals surface area contributed by atoms with E-state index in [1.807, 2.05) is 0 Å². The Hall–Kier alpha value is -1.94. The highest BCUT2D eigenvalue weighted by Gasteiger charge is 2.48. The lowest BCUT2D eigenvalue weighted by molar-refractivity contribution is -0.165. The predicted molar refractivity (Wildman–Crippen MR) is 81.3 cm³/mol. The van der Waals surface area contributed by atoms with E-state index >= 15 is 0 Å². The normalized spacial score (nSPS) is 26.8. The maximum atomic E-state index is 12.1. The minimum Gasteiger partial charge on any atom is -0.456 e. The molecule has 0 bridgehead atoms. The van der Waals surface area contributed by atoms with E-state index in [2.05, 4.69) is 20.9 Å². The van der Waals surface area contributed by atoms with Gasteiger partial charge in [0.15, 0.2) is 18.4 Å². The molecule has 2 N–H and O–H groups in total. The summed E-state index contributed by atoms with van der Waals surface area (Å²) in [6.07, 6.45) is -2.02. The summed E-state index contributed by atoms with van der Waals surface area (Å²) in [5, 5.41) is 0. The van der Waals surface area contributed by atoms with Crippen molar-refractivity contribution in [3.05, 3.63) is 21.2 Å². The number of rotatable bonds is 3. The maximum Gasteiger partial charge on any atom is 0.351 e. The Labute approximate surface area is 139 Å². The average molecular weight is 390 g/mol. The van der Waals surface area contributed by atoms with Crippen LogP contribution in [0.2, 0.25) is 0 Å². The van der Waals surface area contributed by atoms with Crippen molar-refractivity contribution < 1.29 is 23.8 Å². The molecule has 2 rings (SSSR count). The third kappa shape index (κ3) is 3.70. The van der Waals surface area contributed by atoms with Crippen molar-refractivity contribution >= 4 is 33.7 Å². The number of ether oxygens (including phenoxy) is 3. The van der Waals surface area contributed by atoms with Crippen molar-refractivity contribution in [3.63, 3.8) is 0 Å². The second kappa shape index (κ2) is 6.67. The maximum absolute atomic E-state index is 12.1. The summed E-state index contributed by atoms with van der Waals surface area (Å²) in [7, 11) is 0. The highest BCUT2D eigenvalue weighted by molar-refractivity contribution is 9.10. The molecular weight excluding hydrogens is 374 g/mol. The van der Waals surface area contributed by atoms with Gasteiger partial charge in [-0.05, 0) is 22.9 Å². The van der Waals surface area contributed by atoms with Gasteiger partial charge in [-0.2, -0.15) is 4.98 Å². The number of carbonyl (C=O) groups is 2. The summed E-state index contributed by atoms with van der Waals surface area (Å²) in [4.78, 5) is 38.4. The van der Waals surface area contributed by atoms with E-state index in [9.17, 15) is 14.4 Å². The molecule has 1 aromatic heterocycles. The van der Waals surface area contributed by atoms with Crippen LogP contribution in [0.15, 0.2) is 15.5 Å². The number of hydrogen-bond donors (Lipinski definition) is 1. The number of carbonyl (C=O) groups excluding carboxylic acids is 2. The van der Waals surface area contributed by atoms with Gasteiger partial charge in [0.1, 0.15) is 5.82 Å². The summed E-state index contributed by atoms with van der Waals surface area (Å²) in [5.41, 5.74) is 4.88. The molecule has 1 fully saturated rings. The first kappa shape index (κ1) is 17.4. The molecule has 0 aliphatic carbocycles. The number of halogens is 1. The molecule has 1 aliphatic rings. The lowest BCUT2D eigenvalue weighted by Gasteiger charge is -2.23. The van der Waals surface area contributed by atoms with Gasteiger partial charge in [-0.25, -0.2) is 4.79 Å². The number of aromatic nitrogens is 2. The van der Waals surface area contributed by atoms with Crippen molar-refractivity contribution in [2.24, 2.45) is 0 Å². The van der Waals surface area contributed by atoms with Crippen LogP contribution in [0.4, 0.5) is 5.82 Å².